The van der Waals surface area contributed by atoms with Crippen molar-refractivity contribution in [3.63, 3.8) is 0 Å². The molecule has 6 nitrogen and oxygen atoms in total. The average molecular weight is 380 g/mol. The summed E-state index contributed by atoms with van der Waals surface area (Å²) in [5.74, 6) is -0.393. The number of rotatable bonds is 5. The van der Waals surface area contributed by atoms with E-state index >= 15 is 0 Å². The molecular weight excluding hydrogens is 352 g/mol. The first-order valence-corrected chi connectivity index (χ1v) is 9.59. The zero-order chi connectivity index (χ0) is 20.1. The zero-order valence-electron chi connectivity index (χ0n) is 16.8. The summed E-state index contributed by atoms with van der Waals surface area (Å²) in [6.07, 6.45) is -0.125. The summed E-state index contributed by atoms with van der Waals surface area (Å²) in [5, 5.41) is 2.80. The van der Waals surface area contributed by atoms with Gasteiger partial charge in [-0.25, -0.2) is 0 Å². The van der Waals surface area contributed by atoms with E-state index in [9.17, 15) is 9.59 Å². The van der Waals surface area contributed by atoms with Crippen molar-refractivity contribution in [1.29, 1.82) is 0 Å². The number of anilines is 3. The Hall–Kier alpha value is -3.02. The van der Waals surface area contributed by atoms with Crippen molar-refractivity contribution in [3.05, 3.63) is 54.1 Å². The molecule has 2 aromatic carbocycles. The Morgan fingerprint density at radius 3 is 2.29 bits per heavy atom. The van der Waals surface area contributed by atoms with E-state index in [1.54, 1.807) is 4.90 Å². The lowest BCUT2D eigenvalue weighted by atomic mass is 10.2. The minimum absolute atomic E-state index is 0.119. The fraction of sp³-hybridized carbons (Fsp3) is 0.364. The second-order valence-electron chi connectivity index (χ2n) is 7.37. The van der Waals surface area contributed by atoms with E-state index in [1.165, 1.54) is 11.3 Å². The van der Waals surface area contributed by atoms with E-state index in [1.807, 2.05) is 43.3 Å². The molecule has 0 aliphatic carbocycles. The van der Waals surface area contributed by atoms with Crippen LogP contribution < -0.4 is 15.1 Å². The molecule has 0 atom stereocenters. The first kappa shape index (κ1) is 19.7. The largest absolute Gasteiger partial charge is 0.378 e. The summed E-state index contributed by atoms with van der Waals surface area (Å²) < 4.78 is 0. The van der Waals surface area contributed by atoms with Crippen molar-refractivity contribution in [2.45, 2.75) is 13.3 Å². The number of piperazine rings is 1. The zero-order valence-corrected chi connectivity index (χ0v) is 16.8. The van der Waals surface area contributed by atoms with Gasteiger partial charge in [0.05, 0.1) is 0 Å². The fourth-order valence-corrected chi connectivity index (χ4v) is 3.34. The molecule has 0 bridgehead atoms. The molecule has 0 spiro atoms. The molecule has 0 unspecified atom stereocenters. The lowest BCUT2D eigenvalue weighted by Gasteiger charge is -2.36. The number of hydrogen-bond acceptors (Lipinski definition) is 4. The van der Waals surface area contributed by atoms with Gasteiger partial charge in [-0.2, -0.15) is 0 Å². The van der Waals surface area contributed by atoms with E-state index in [0.29, 0.717) is 18.8 Å². The number of nitrogens with zero attached hydrogens (tertiary/aromatic N) is 3. The lowest BCUT2D eigenvalue weighted by Crippen LogP contribution is -2.49. The van der Waals surface area contributed by atoms with Gasteiger partial charge < -0.3 is 20.0 Å². The van der Waals surface area contributed by atoms with E-state index in [-0.39, 0.29) is 18.2 Å². The van der Waals surface area contributed by atoms with Crippen LogP contribution in [-0.2, 0) is 9.59 Å². The predicted octanol–water partition coefficient (Wildman–Crippen LogP) is 2.74. The summed E-state index contributed by atoms with van der Waals surface area (Å²) >= 11 is 0. The first-order valence-electron chi connectivity index (χ1n) is 9.59. The molecule has 0 radical (unpaired) electrons. The van der Waals surface area contributed by atoms with Crippen LogP contribution in [0.25, 0.3) is 0 Å². The number of carbonyl (C=O) groups excluding carboxylic acids is 2. The molecule has 148 valence electrons. The molecule has 1 aliphatic rings. The number of carbonyl (C=O) groups is 2. The van der Waals surface area contributed by atoms with Crippen molar-refractivity contribution in [2.24, 2.45) is 0 Å². The Morgan fingerprint density at radius 2 is 1.68 bits per heavy atom. The van der Waals surface area contributed by atoms with Crippen LogP contribution in [0.1, 0.15) is 12.0 Å². The fourth-order valence-electron chi connectivity index (χ4n) is 3.34. The van der Waals surface area contributed by atoms with Crippen LogP contribution in [0.15, 0.2) is 48.5 Å². The van der Waals surface area contributed by atoms with Gasteiger partial charge in [0.2, 0.25) is 11.8 Å². The summed E-state index contributed by atoms with van der Waals surface area (Å²) in [5.41, 5.74) is 4.17. The van der Waals surface area contributed by atoms with E-state index in [4.69, 9.17) is 0 Å². The molecule has 0 saturated carbocycles. The van der Waals surface area contributed by atoms with Gasteiger partial charge in [-0.05, 0) is 48.9 Å². The van der Waals surface area contributed by atoms with Crippen molar-refractivity contribution in [2.75, 3.05) is 55.4 Å². The van der Waals surface area contributed by atoms with Gasteiger partial charge in [0.1, 0.15) is 6.42 Å². The predicted molar refractivity (Wildman–Crippen MR) is 114 cm³/mol. The Kier molecular flexibility index (Phi) is 6.19. The summed E-state index contributed by atoms with van der Waals surface area (Å²) in [7, 11) is 3.93. The molecule has 1 N–H and O–H groups in total. The molecule has 1 heterocycles. The Labute approximate surface area is 166 Å². The van der Waals surface area contributed by atoms with Gasteiger partial charge in [-0.15, -0.1) is 0 Å². The minimum atomic E-state index is -0.274. The maximum Gasteiger partial charge on any atom is 0.233 e. The molecule has 1 saturated heterocycles. The second-order valence-corrected chi connectivity index (χ2v) is 7.37. The van der Waals surface area contributed by atoms with Crippen molar-refractivity contribution < 1.29 is 9.59 Å². The van der Waals surface area contributed by atoms with E-state index in [0.717, 1.165) is 18.8 Å². The highest BCUT2D eigenvalue weighted by molar-refractivity contribution is 6.03. The van der Waals surface area contributed by atoms with Crippen LogP contribution in [0.2, 0.25) is 0 Å². The lowest BCUT2D eigenvalue weighted by molar-refractivity contribution is -0.134. The van der Waals surface area contributed by atoms with Crippen molar-refractivity contribution in [1.82, 2.24) is 4.90 Å². The van der Waals surface area contributed by atoms with Gasteiger partial charge in [-0.3, -0.25) is 9.59 Å². The molecule has 1 aliphatic heterocycles. The number of amides is 2. The summed E-state index contributed by atoms with van der Waals surface area (Å²) in [6, 6.07) is 15.9. The highest BCUT2D eigenvalue weighted by Gasteiger charge is 2.23. The molecular formula is C22H28N4O2. The smallest absolute Gasteiger partial charge is 0.233 e. The highest BCUT2D eigenvalue weighted by Crippen LogP contribution is 2.19. The topological polar surface area (TPSA) is 55.9 Å². The van der Waals surface area contributed by atoms with Gasteiger partial charge in [0.15, 0.2) is 0 Å². The van der Waals surface area contributed by atoms with Crippen LogP contribution >= 0.6 is 0 Å². The average Bonchev–Trinajstić information content (AvgIpc) is 2.68. The second kappa shape index (κ2) is 8.78. The van der Waals surface area contributed by atoms with Crippen molar-refractivity contribution >= 4 is 28.9 Å². The molecule has 28 heavy (non-hydrogen) atoms. The van der Waals surface area contributed by atoms with E-state index < -0.39 is 0 Å². The summed E-state index contributed by atoms with van der Waals surface area (Å²) in [4.78, 5) is 30.8. The third-order valence-electron chi connectivity index (χ3n) is 4.98. The monoisotopic (exact) mass is 380 g/mol. The minimum Gasteiger partial charge on any atom is -0.378 e. The van der Waals surface area contributed by atoms with Gasteiger partial charge in [-0.1, -0.05) is 12.1 Å². The Bertz CT molecular complexity index is 825. The molecule has 0 aromatic heterocycles. The molecule has 3 rings (SSSR count). The molecule has 6 heteroatoms. The maximum absolute atomic E-state index is 12.5. The van der Waals surface area contributed by atoms with Crippen LogP contribution in [0.3, 0.4) is 0 Å². The molecule has 2 aromatic rings. The normalized spacial score (nSPS) is 14.0. The Morgan fingerprint density at radius 1 is 1.00 bits per heavy atom. The third kappa shape index (κ3) is 5.03. The van der Waals surface area contributed by atoms with E-state index in [2.05, 4.69) is 41.4 Å². The molecule has 1 fully saturated rings. The Balaban J connectivity index is 1.48. The SMILES string of the molecule is Cc1cccc(N2CCN(C(=O)CC(=O)Nc3ccc(N(C)C)cc3)CC2)c1. The summed E-state index contributed by atoms with van der Waals surface area (Å²) in [6.45, 7) is 4.91. The van der Waals surface area contributed by atoms with Gasteiger partial charge in [0.25, 0.3) is 0 Å². The van der Waals surface area contributed by atoms with Crippen LogP contribution in [0.4, 0.5) is 17.1 Å². The first-order chi connectivity index (χ1) is 13.4. The van der Waals surface area contributed by atoms with Crippen molar-refractivity contribution in [3.8, 4) is 0 Å². The number of aryl methyl sites for hydroxylation is 1. The highest BCUT2D eigenvalue weighted by atomic mass is 16.2. The maximum atomic E-state index is 12.5. The quantitative estimate of drug-likeness (QED) is 0.811. The van der Waals surface area contributed by atoms with Crippen LogP contribution in [0.5, 0.6) is 0 Å². The van der Waals surface area contributed by atoms with Gasteiger partial charge >= 0.3 is 0 Å². The third-order valence-corrected chi connectivity index (χ3v) is 4.98. The number of hydrogen-bond donors (Lipinski definition) is 1. The van der Waals surface area contributed by atoms with Crippen LogP contribution in [0, 0.1) is 6.92 Å². The molecule has 2 amide bonds. The number of nitrogens with one attached hydrogen (secondary N) is 1. The number of benzene rings is 2. The standard InChI is InChI=1S/C22H28N4O2/c1-17-5-4-6-20(15-17)25-11-13-26(14-12-25)22(28)16-21(27)23-18-7-9-19(10-8-18)24(2)3/h4-10,15H,11-14,16H2,1-3H3,(H,23,27). The van der Waals surface area contributed by atoms with Crippen LogP contribution in [-0.4, -0.2) is 57.0 Å². The van der Waals surface area contributed by atoms with Gasteiger partial charge in [0, 0.05) is 57.3 Å².